The van der Waals surface area contributed by atoms with Gasteiger partial charge in [-0.15, -0.1) is 0 Å². The minimum Gasteiger partial charge on any atom is -0.447 e. The third-order valence-corrected chi connectivity index (χ3v) is 4.27. The van der Waals surface area contributed by atoms with E-state index >= 15 is 0 Å². The zero-order chi connectivity index (χ0) is 19.7. The van der Waals surface area contributed by atoms with Gasteiger partial charge in [-0.05, 0) is 38.8 Å². The van der Waals surface area contributed by atoms with Crippen molar-refractivity contribution in [3.8, 4) is 11.3 Å². The first-order valence-corrected chi connectivity index (χ1v) is 9.21. The third-order valence-electron chi connectivity index (χ3n) is 4.27. The van der Waals surface area contributed by atoms with Crippen LogP contribution in [0.15, 0.2) is 42.9 Å². The molecule has 1 aliphatic rings. The van der Waals surface area contributed by atoms with Gasteiger partial charge in [-0.25, -0.2) is 14.8 Å². The number of carbonyl (C=O) groups is 2. The molecule has 0 atom stereocenters. The molecule has 28 heavy (non-hydrogen) atoms. The molecule has 144 valence electrons. The fourth-order valence-electron chi connectivity index (χ4n) is 2.80. The number of aromatic nitrogens is 3. The zero-order valence-electron chi connectivity index (χ0n) is 15.7. The average molecular weight is 379 g/mol. The first-order valence-electron chi connectivity index (χ1n) is 9.21. The van der Waals surface area contributed by atoms with Gasteiger partial charge >= 0.3 is 6.09 Å². The Kier molecular flexibility index (Phi) is 4.68. The number of nitrogens with zero attached hydrogens (tertiary/aromatic N) is 3. The molecule has 1 aromatic carbocycles. The lowest BCUT2D eigenvalue weighted by atomic mass is 10.1. The fraction of sp³-hybridized carbons (Fsp3) is 0.300. The van der Waals surface area contributed by atoms with E-state index in [-0.39, 0.29) is 17.9 Å². The summed E-state index contributed by atoms with van der Waals surface area (Å²) >= 11 is 0. The van der Waals surface area contributed by atoms with Gasteiger partial charge in [0.05, 0.1) is 23.7 Å². The smallest absolute Gasteiger partial charge is 0.411 e. The van der Waals surface area contributed by atoms with Gasteiger partial charge in [-0.1, -0.05) is 12.1 Å². The highest BCUT2D eigenvalue weighted by molar-refractivity contribution is 5.94. The maximum atomic E-state index is 12.0. The summed E-state index contributed by atoms with van der Waals surface area (Å²) in [7, 11) is 0. The predicted octanol–water partition coefficient (Wildman–Crippen LogP) is 3.70. The van der Waals surface area contributed by atoms with Crippen LogP contribution in [0.5, 0.6) is 0 Å². The van der Waals surface area contributed by atoms with Gasteiger partial charge in [-0.2, -0.15) is 0 Å². The third kappa shape index (κ3) is 4.11. The van der Waals surface area contributed by atoms with Crippen molar-refractivity contribution in [2.75, 3.05) is 10.6 Å². The van der Waals surface area contributed by atoms with E-state index in [2.05, 4.69) is 20.6 Å². The molecule has 0 saturated heterocycles. The van der Waals surface area contributed by atoms with E-state index in [1.165, 1.54) is 6.20 Å². The summed E-state index contributed by atoms with van der Waals surface area (Å²) in [5, 5.41) is 5.59. The van der Waals surface area contributed by atoms with E-state index in [4.69, 9.17) is 4.74 Å². The summed E-state index contributed by atoms with van der Waals surface area (Å²) in [5.41, 5.74) is 2.84. The Bertz CT molecular complexity index is 1040. The predicted molar refractivity (Wildman–Crippen MR) is 105 cm³/mol. The van der Waals surface area contributed by atoms with Crippen LogP contribution in [-0.4, -0.2) is 32.5 Å². The van der Waals surface area contributed by atoms with E-state index in [0.29, 0.717) is 11.5 Å². The summed E-state index contributed by atoms with van der Waals surface area (Å²) in [6.45, 7) is 3.56. The minimum atomic E-state index is -0.532. The molecule has 0 bridgehead atoms. The Hall–Kier alpha value is -3.42. The van der Waals surface area contributed by atoms with Crippen LogP contribution in [0, 0.1) is 5.92 Å². The fourth-order valence-corrected chi connectivity index (χ4v) is 2.80. The Morgan fingerprint density at radius 1 is 1.18 bits per heavy atom. The number of amides is 2. The number of nitrogens with one attached hydrogen (secondary N) is 2. The standard InChI is InChI=1S/C20H21N5O3/c1-12(2)28-20(27)23-16-9-21-19-24-17(11-25(19)10-16)14-4-3-5-15(8-14)22-18(26)13-6-7-13/h3-5,8-13H,6-7H2,1-2H3,(H,22,26)(H,23,27). The van der Waals surface area contributed by atoms with Gasteiger partial charge in [0, 0.05) is 29.6 Å². The van der Waals surface area contributed by atoms with Crippen molar-refractivity contribution in [1.82, 2.24) is 14.4 Å². The van der Waals surface area contributed by atoms with E-state index in [1.807, 2.05) is 30.5 Å². The molecule has 2 amide bonds. The van der Waals surface area contributed by atoms with Crippen LogP contribution in [0.4, 0.5) is 16.2 Å². The van der Waals surface area contributed by atoms with Crippen LogP contribution in [0.2, 0.25) is 0 Å². The van der Waals surface area contributed by atoms with Crippen molar-refractivity contribution < 1.29 is 14.3 Å². The highest BCUT2D eigenvalue weighted by atomic mass is 16.6. The molecule has 2 N–H and O–H groups in total. The van der Waals surface area contributed by atoms with E-state index in [1.54, 1.807) is 24.4 Å². The molecule has 2 heterocycles. The number of fused-ring (bicyclic) bond motifs is 1. The molecule has 1 saturated carbocycles. The largest absolute Gasteiger partial charge is 0.447 e. The molecule has 1 aliphatic carbocycles. The highest BCUT2D eigenvalue weighted by Gasteiger charge is 2.29. The monoisotopic (exact) mass is 379 g/mol. The second-order valence-corrected chi connectivity index (χ2v) is 7.10. The van der Waals surface area contributed by atoms with Crippen molar-refractivity contribution in [2.24, 2.45) is 5.92 Å². The summed E-state index contributed by atoms with van der Waals surface area (Å²) in [4.78, 5) is 32.5. The molecule has 2 aromatic heterocycles. The van der Waals surface area contributed by atoms with Crippen LogP contribution < -0.4 is 10.6 Å². The molecule has 0 spiro atoms. The zero-order valence-corrected chi connectivity index (χ0v) is 15.7. The van der Waals surface area contributed by atoms with Gasteiger partial charge in [-0.3, -0.25) is 14.5 Å². The first kappa shape index (κ1) is 18.0. The van der Waals surface area contributed by atoms with Crippen LogP contribution in [0.3, 0.4) is 0 Å². The van der Waals surface area contributed by atoms with Crippen LogP contribution in [0.1, 0.15) is 26.7 Å². The number of ether oxygens (including phenoxy) is 1. The Morgan fingerprint density at radius 2 is 2.00 bits per heavy atom. The van der Waals surface area contributed by atoms with Crippen LogP contribution >= 0.6 is 0 Å². The van der Waals surface area contributed by atoms with Crippen molar-refractivity contribution in [1.29, 1.82) is 0 Å². The molecule has 1 fully saturated rings. The van der Waals surface area contributed by atoms with Crippen molar-refractivity contribution in [3.63, 3.8) is 0 Å². The van der Waals surface area contributed by atoms with Gasteiger partial charge < -0.3 is 10.1 Å². The van der Waals surface area contributed by atoms with Gasteiger partial charge in [0.25, 0.3) is 0 Å². The number of hydrogen-bond donors (Lipinski definition) is 2. The molecule has 3 aromatic rings. The normalized spacial score (nSPS) is 13.5. The number of rotatable bonds is 5. The summed E-state index contributed by atoms with van der Waals surface area (Å²) in [6.07, 6.45) is 6.26. The van der Waals surface area contributed by atoms with Gasteiger partial charge in [0.15, 0.2) is 0 Å². The van der Waals surface area contributed by atoms with Crippen molar-refractivity contribution in [3.05, 3.63) is 42.9 Å². The summed E-state index contributed by atoms with van der Waals surface area (Å²) in [6, 6.07) is 7.55. The molecule has 8 nitrogen and oxygen atoms in total. The van der Waals surface area contributed by atoms with E-state index in [0.717, 1.165) is 29.8 Å². The number of anilines is 2. The number of hydrogen-bond acceptors (Lipinski definition) is 5. The second kappa shape index (κ2) is 7.30. The van der Waals surface area contributed by atoms with Gasteiger partial charge in [0.1, 0.15) is 0 Å². The molecular formula is C20H21N5O3. The lowest BCUT2D eigenvalue weighted by molar-refractivity contribution is -0.117. The van der Waals surface area contributed by atoms with E-state index < -0.39 is 6.09 Å². The molecule has 8 heteroatoms. The molecular weight excluding hydrogens is 358 g/mol. The van der Waals surface area contributed by atoms with Crippen molar-refractivity contribution >= 4 is 29.2 Å². The SMILES string of the molecule is CC(C)OC(=O)Nc1cnc2nc(-c3cccc(NC(=O)C4CC4)c3)cn2c1. The maximum absolute atomic E-state index is 12.0. The Balaban J connectivity index is 1.54. The van der Waals surface area contributed by atoms with Crippen LogP contribution in [0.25, 0.3) is 17.0 Å². The van der Waals surface area contributed by atoms with Crippen LogP contribution in [-0.2, 0) is 9.53 Å². The number of carbonyl (C=O) groups excluding carboxylic acids is 2. The first-order chi connectivity index (χ1) is 13.5. The molecule has 0 unspecified atom stereocenters. The summed E-state index contributed by atoms with van der Waals surface area (Å²) in [5.74, 6) is 0.722. The maximum Gasteiger partial charge on any atom is 0.411 e. The highest BCUT2D eigenvalue weighted by Crippen LogP contribution is 2.31. The molecule has 0 aliphatic heterocycles. The molecule has 4 rings (SSSR count). The quantitative estimate of drug-likeness (QED) is 0.704. The lowest BCUT2D eigenvalue weighted by Crippen LogP contribution is -2.18. The lowest BCUT2D eigenvalue weighted by Gasteiger charge is -2.09. The second-order valence-electron chi connectivity index (χ2n) is 7.10. The summed E-state index contributed by atoms with van der Waals surface area (Å²) < 4.78 is 6.80. The van der Waals surface area contributed by atoms with Crippen molar-refractivity contribution in [2.45, 2.75) is 32.8 Å². The number of benzene rings is 1. The average Bonchev–Trinajstić information content (AvgIpc) is 3.41. The molecule has 0 radical (unpaired) electrons. The van der Waals surface area contributed by atoms with E-state index in [9.17, 15) is 9.59 Å². The Morgan fingerprint density at radius 3 is 2.75 bits per heavy atom. The topological polar surface area (TPSA) is 97.6 Å². The van der Waals surface area contributed by atoms with Gasteiger partial charge in [0.2, 0.25) is 11.7 Å². The Labute approximate surface area is 161 Å². The number of imidazole rings is 1. The minimum absolute atomic E-state index is 0.0674.